The number of rotatable bonds is 5. The van der Waals surface area contributed by atoms with Crippen molar-refractivity contribution in [2.24, 2.45) is 5.92 Å². The molecule has 3 nitrogen and oxygen atoms in total. The predicted octanol–water partition coefficient (Wildman–Crippen LogP) is 4.24. The van der Waals surface area contributed by atoms with Crippen molar-refractivity contribution >= 4 is 0 Å². The van der Waals surface area contributed by atoms with Crippen molar-refractivity contribution in [2.75, 3.05) is 26.2 Å². The van der Waals surface area contributed by atoms with Crippen LogP contribution in [-0.4, -0.2) is 36.1 Å². The van der Waals surface area contributed by atoms with Gasteiger partial charge in [-0.15, -0.1) is 0 Å². The molecule has 2 heterocycles. The Balaban J connectivity index is 1.50. The van der Waals surface area contributed by atoms with Crippen molar-refractivity contribution in [2.45, 2.75) is 64.7 Å². The summed E-state index contributed by atoms with van der Waals surface area (Å²) >= 11 is 0. The summed E-state index contributed by atoms with van der Waals surface area (Å²) < 4.78 is 5.55. The summed E-state index contributed by atoms with van der Waals surface area (Å²) in [6.07, 6.45) is 12.4. The van der Waals surface area contributed by atoms with E-state index in [-0.39, 0.29) is 0 Å². The normalized spacial score (nSPS) is 20.6. The molecule has 1 saturated carbocycles. The maximum absolute atomic E-state index is 5.55. The van der Waals surface area contributed by atoms with Crippen molar-refractivity contribution < 1.29 is 4.74 Å². The molecular formula is C20H32N2O. The van der Waals surface area contributed by atoms with E-state index in [1.54, 1.807) is 0 Å². The molecule has 128 valence electrons. The van der Waals surface area contributed by atoms with E-state index in [9.17, 15) is 0 Å². The van der Waals surface area contributed by atoms with Gasteiger partial charge in [-0.2, -0.15) is 0 Å². The molecule has 0 radical (unpaired) electrons. The molecule has 1 aliphatic carbocycles. The molecule has 0 aromatic carbocycles. The first kappa shape index (κ1) is 16.8. The van der Waals surface area contributed by atoms with E-state index < -0.39 is 0 Å². The molecule has 1 aliphatic heterocycles. The van der Waals surface area contributed by atoms with Crippen LogP contribution in [0.1, 0.15) is 63.1 Å². The first-order valence-electron chi connectivity index (χ1n) is 9.69. The molecule has 0 atom stereocenters. The highest BCUT2D eigenvalue weighted by Crippen LogP contribution is 2.26. The molecule has 1 aromatic rings. The molecule has 0 spiro atoms. The summed E-state index contributed by atoms with van der Waals surface area (Å²) in [5.74, 6) is 1.77. The average Bonchev–Trinajstić information content (AvgIpc) is 2.94. The van der Waals surface area contributed by atoms with Gasteiger partial charge in [0, 0.05) is 31.3 Å². The highest BCUT2D eigenvalue weighted by molar-refractivity contribution is 5.27. The van der Waals surface area contributed by atoms with E-state index in [0.29, 0.717) is 6.61 Å². The maximum atomic E-state index is 5.55. The third-order valence-corrected chi connectivity index (χ3v) is 5.53. The molecular weight excluding hydrogens is 284 g/mol. The Morgan fingerprint density at radius 3 is 2.65 bits per heavy atom. The summed E-state index contributed by atoms with van der Waals surface area (Å²) in [6, 6.07) is 4.26. The van der Waals surface area contributed by atoms with Crippen LogP contribution in [0.5, 0.6) is 5.88 Å². The maximum Gasteiger partial charge on any atom is 0.213 e. The summed E-state index contributed by atoms with van der Waals surface area (Å²) in [5, 5.41) is 0. The van der Waals surface area contributed by atoms with Gasteiger partial charge in [-0.1, -0.05) is 44.6 Å². The number of ether oxygens (including phenoxy) is 1. The lowest BCUT2D eigenvalue weighted by atomic mass is 9.96. The molecule has 2 aliphatic rings. The van der Waals surface area contributed by atoms with Crippen LogP contribution in [0.25, 0.3) is 0 Å². The zero-order chi connectivity index (χ0) is 15.9. The summed E-state index contributed by atoms with van der Waals surface area (Å²) in [5.41, 5.74) is 2.68. The van der Waals surface area contributed by atoms with Gasteiger partial charge in [-0.3, -0.25) is 0 Å². The Labute approximate surface area is 141 Å². The first-order chi connectivity index (χ1) is 11.3. The lowest BCUT2D eigenvalue weighted by molar-refractivity contribution is 0.254. The summed E-state index contributed by atoms with van der Waals surface area (Å²) in [7, 11) is 0. The molecule has 0 unspecified atom stereocenters. The van der Waals surface area contributed by atoms with Crippen LogP contribution < -0.4 is 4.74 Å². The zero-order valence-electron chi connectivity index (χ0n) is 14.7. The third-order valence-electron chi connectivity index (χ3n) is 5.53. The highest BCUT2D eigenvalue weighted by atomic mass is 16.5. The van der Waals surface area contributed by atoms with E-state index in [4.69, 9.17) is 9.72 Å². The number of fused-ring (bicyclic) bond motifs is 1. The van der Waals surface area contributed by atoms with E-state index in [2.05, 4.69) is 11.0 Å². The van der Waals surface area contributed by atoms with E-state index in [1.807, 2.05) is 13.0 Å². The molecule has 0 N–H and O–H groups in total. The van der Waals surface area contributed by atoms with Crippen LogP contribution in [0.2, 0.25) is 0 Å². The Hall–Kier alpha value is -1.09. The number of hydrogen-bond acceptors (Lipinski definition) is 3. The number of hydrogen-bond donors (Lipinski definition) is 0. The van der Waals surface area contributed by atoms with Gasteiger partial charge in [0.25, 0.3) is 0 Å². The number of nitrogens with zero attached hydrogens (tertiary/aromatic N) is 2. The Morgan fingerprint density at radius 1 is 1.09 bits per heavy atom. The molecule has 23 heavy (non-hydrogen) atoms. The second kappa shape index (κ2) is 8.68. The lowest BCUT2D eigenvalue weighted by Gasteiger charge is -2.22. The summed E-state index contributed by atoms with van der Waals surface area (Å²) in [6.45, 7) is 6.33. The average molecular weight is 316 g/mol. The second-order valence-corrected chi connectivity index (χ2v) is 7.18. The van der Waals surface area contributed by atoms with E-state index in [1.165, 1.54) is 69.3 Å². The van der Waals surface area contributed by atoms with Gasteiger partial charge >= 0.3 is 0 Å². The predicted molar refractivity (Wildman–Crippen MR) is 95.1 cm³/mol. The van der Waals surface area contributed by atoms with Gasteiger partial charge < -0.3 is 9.64 Å². The Morgan fingerprint density at radius 2 is 1.87 bits per heavy atom. The lowest BCUT2D eigenvalue weighted by Crippen LogP contribution is -2.28. The largest absolute Gasteiger partial charge is 0.478 e. The standard InChI is InChI=1S/C20H32N2O/c1-2-23-20-10-9-18-12-15-22(16-13-19(18)21-20)14-11-17-7-5-3-4-6-8-17/h9-10,17H,2-8,11-16H2,1H3. The fourth-order valence-corrected chi connectivity index (χ4v) is 4.08. The van der Waals surface area contributed by atoms with Crippen LogP contribution in [0.3, 0.4) is 0 Å². The smallest absolute Gasteiger partial charge is 0.213 e. The van der Waals surface area contributed by atoms with Crippen molar-refractivity contribution in [3.05, 3.63) is 23.4 Å². The van der Waals surface area contributed by atoms with Crippen molar-refractivity contribution in [1.82, 2.24) is 9.88 Å². The molecule has 3 heteroatoms. The molecule has 1 fully saturated rings. The first-order valence-corrected chi connectivity index (χ1v) is 9.69. The van der Waals surface area contributed by atoms with Crippen LogP contribution >= 0.6 is 0 Å². The zero-order valence-corrected chi connectivity index (χ0v) is 14.7. The number of aromatic nitrogens is 1. The van der Waals surface area contributed by atoms with Crippen LogP contribution in [-0.2, 0) is 12.8 Å². The van der Waals surface area contributed by atoms with Crippen LogP contribution in [0, 0.1) is 5.92 Å². The van der Waals surface area contributed by atoms with Crippen LogP contribution in [0.15, 0.2) is 12.1 Å². The minimum Gasteiger partial charge on any atom is -0.478 e. The van der Waals surface area contributed by atoms with E-state index >= 15 is 0 Å². The Bertz CT molecular complexity index is 481. The van der Waals surface area contributed by atoms with Gasteiger partial charge in [0.05, 0.1) is 6.61 Å². The van der Waals surface area contributed by atoms with Gasteiger partial charge in [0.15, 0.2) is 0 Å². The van der Waals surface area contributed by atoms with Gasteiger partial charge in [0.1, 0.15) is 0 Å². The highest BCUT2D eigenvalue weighted by Gasteiger charge is 2.18. The molecule has 0 amide bonds. The van der Waals surface area contributed by atoms with E-state index in [0.717, 1.165) is 31.2 Å². The summed E-state index contributed by atoms with van der Waals surface area (Å²) in [4.78, 5) is 7.37. The Kier molecular flexibility index (Phi) is 6.32. The third kappa shape index (κ3) is 4.94. The SMILES string of the molecule is CCOc1ccc2c(n1)CCN(CCC1CCCCCC1)CC2. The van der Waals surface area contributed by atoms with Gasteiger partial charge in [-0.05, 0) is 37.8 Å². The topological polar surface area (TPSA) is 25.4 Å². The van der Waals surface area contributed by atoms with Crippen molar-refractivity contribution in [3.63, 3.8) is 0 Å². The quantitative estimate of drug-likeness (QED) is 0.760. The molecule has 1 aromatic heterocycles. The van der Waals surface area contributed by atoms with Gasteiger partial charge in [0.2, 0.25) is 5.88 Å². The molecule has 0 bridgehead atoms. The number of pyridine rings is 1. The minimum absolute atomic E-state index is 0.694. The fraction of sp³-hybridized carbons (Fsp3) is 0.750. The molecule has 3 rings (SSSR count). The molecule has 0 saturated heterocycles. The monoisotopic (exact) mass is 316 g/mol. The van der Waals surface area contributed by atoms with Crippen molar-refractivity contribution in [3.8, 4) is 5.88 Å². The van der Waals surface area contributed by atoms with Gasteiger partial charge in [-0.25, -0.2) is 4.98 Å². The minimum atomic E-state index is 0.694. The fourth-order valence-electron chi connectivity index (χ4n) is 4.08. The second-order valence-electron chi connectivity index (χ2n) is 7.18. The van der Waals surface area contributed by atoms with Crippen LogP contribution in [0.4, 0.5) is 0 Å². The van der Waals surface area contributed by atoms with Crippen molar-refractivity contribution in [1.29, 1.82) is 0 Å².